The number of carbonyl (C=O) groups excluding carboxylic acids is 1. The molecule has 0 radical (unpaired) electrons. The van der Waals surface area contributed by atoms with Crippen LogP contribution >= 0.6 is 0 Å². The van der Waals surface area contributed by atoms with Crippen LogP contribution in [0.4, 0.5) is 10.2 Å². The van der Waals surface area contributed by atoms with Gasteiger partial charge >= 0.3 is 5.97 Å². The fourth-order valence-corrected chi connectivity index (χ4v) is 3.30. The lowest BCUT2D eigenvalue weighted by Gasteiger charge is -2.15. The van der Waals surface area contributed by atoms with Crippen molar-refractivity contribution in [3.8, 4) is 0 Å². The molecule has 7 nitrogen and oxygen atoms in total. The minimum atomic E-state index is -0.968. The van der Waals surface area contributed by atoms with Crippen LogP contribution < -0.4 is 5.32 Å². The Morgan fingerprint density at radius 1 is 1.07 bits per heavy atom. The zero-order valence-electron chi connectivity index (χ0n) is 15.5. The molecule has 1 aliphatic rings. The second kappa shape index (κ2) is 7.05. The molecule has 2 N–H and O–H groups in total. The molecular weight excluding hydrogens is 375 g/mol. The zero-order valence-corrected chi connectivity index (χ0v) is 15.5. The summed E-state index contributed by atoms with van der Waals surface area (Å²) in [6.07, 6.45) is 7.18. The molecule has 0 atom stereocenters. The molecule has 1 saturated carbocycles. The second-order valence-electron chi connectivity index (χ2n) is 7.00. The van der Waals surface area contributed by atoms with Crippen LogP contribution in [0.5, 0.6) is 0 Å². The molecule has 1 aromatic carbocycles. The van der Waals surface area contributed by atoms with Gasteiger partial charge in [0.1, 0.15) is 5.82 Å². The average molecular weight is 392 g/mol. The first kappa shape index (κ1) is 18.7. The number of carbonyl (C=O) groups is 2. The number of carboxylic acids is 1. The Bertz CT molecular complexity index is 1090. The van der Waals surface area contributed by atoms with Gasteiger partial charge in [0.05, 0.1) is 35.4 Å². The summed E-state index contributed by atoms with van der Waals surface area (Å²) < 4.78 is 13.6. The van der Waals surface area contributed by atoms with Crippen molar-refractivity contribution < 1.29 is 19.1 Å². The minimum absolute atomic E-state index is 0.132. The summed E-state index contributed by atoms with van der Waals surface area (Å²) in [5.41, 5.74) is 2.03. The Hall–Kier alpha value is -3.68. The SMILES string of the molecule is Cc1c(F)cncc1C(=O)Nc1cnc(C2(c3ccc(C(=O)O)cc3)CC2)cn1. The highest BCUT2D eigenvalue weighted by Crippen LogP contribution is 2.52. The molecule has 1 amide bonds. The number of pyridine rings is 1. The summed E-state index contributed by atoms with van der Waals surface area (Å²) in [5.74, 6) is -1.78. The highest BCUT2D eigenvalue weighted by Gasteiger charge is 2.47. The molecule has 29 heavy (non-hydrogen) atoms. The summed E-state index contributed by atoms with van der Waals surface area (Å²) in [6, 6.07) is 6.76. The fourth-order valence-electron chi connectivity index (χ4n) is 3.30. The fraction of sp³-hybridized carbons (Fsp3) is 0.190. The Morgan fingerprint density at radius 3 is 2.38 bits per heavy atom. The van der Waals surface area contributed by atoms with Crippen molar-refractivity contribution in [2.75, 3.05) is 5.32 Å². The third kappa shape index (κ3) is 3.44. The van der Waals surface area contributed by atoms with Gasteiger partial charge in [-0.15, -0.1) is 0 Å². The van der Waals surface area contributed by atoms with E-state index >= 15 is 0 Å². The van der Waals surface area contributed by atoms with E-state index in [1.165, 1.54) is 19.3 Å². The van der Waals surface area contributed by atoms with Gasteiger partial charge in [-0.1, -0.05) is 12.1 Å². The van der Waals surface area contributed by atoms with Crippen LogP contribution in [0.1, 0.15) is 50.4 Å². The van der Waals surface area contributed by atoms with Crippen LogP contribution in [0, 0.1) is 12.7 Å². The van der Waals surface area contributed by atoms with E-state index in [0.29, 0.717) is 0 Å². The number of nitrogens with zero attached hydrogens (tertiary/aromatic N) is 3. The number of aromatic carboxylic acids is 1. The summed E-state index contributed by atoms with van der Waals surface area (Å²) >= 11 is 0. The number of halogens is 1. The molecule has 2 aromatic heterocycles. The number of nitrogens with one attached hydrogen (secondary N) is 1. The van der Waals surface area contributed by atoms with Crippen LogP contribution in [0.3, 0.4) is 0 Å². The second-order valence-corrected chi connectivity index (χ2v) is 7.00. The molecule has 0 aliphatic heterocycles. The topological polar surface area (TPSA) is 105 Å². The van der Waals surface area contributed by atoms with Gasteiger partial charge in [0.2, 0.25) is 0 Å². The third-order valence-electron chi connectivity index (χ3n) is 5.22. The number of aromatic nitrogens is 3. The lowest BCUT2D eigenvalue weighted by Crippen LogP contribution is -2.17. The number of hydrogen-bond acceptors (Lipinski definition) is 5. The zero-order chi connectivity index (χ0) is 20.6. The van der Waals surface area contributed by atoms with Crippen molar-refractivity contribution >= 4 is 17.7 Å². The van der Waals surface area contributed by atoms with Gasteiger partial charge in [-0.25, -0.2) is 14.2 Å². The molecule has 4 rings (SSSR count). The average Bonchev–Trinajstić information content (AvgIpc) is 3.52. The Morgan fingerprint density at radius 2 is 1.79 bits per heavy atom. The molecule has 3 aromatic rings. The smallest absolute Gasteiger partial charge is 0.335 e. The maximum atomic E-state index is 13.6. The number of rotatable bonds is 5. The lowest BCUT2D eigenvalue weighted by molar-refractivity contribution is 0.0696. The van der Waals surface area contributed by atoms with Crippen molar-refractivity contribution in [2.45, 2.75) is 25.2 Å². The number of anilines is 1. The van der Waals surface area contributed by atoms with E-state index in [0.717, 1.165) is 30.3 Å². The van der Waals surface area contributed by atoms with E-state index in [1.54, 1.807) is 30.5 Å². The van der Waals surface area contributed by atoms with Crippen LogP contribution in [-0.4, -0.2) is 31.9 Å². The van der Waals surface area contributed by atoms with E-state index in [1.807, 2.05) is 0 Å². The molecule has 0 saturated heterocycles. The van der Waals surface area contributed by atoms with Crippen LogP contribution in [0.15, 0.2) is 49.1 Å². The predicted molar refractivity (Wildman–Crippen MR) is 102 cm³/mol. The first-order valence-electron chi connectivity index (χ1n) is 8.98. The van der Waals surface area contributed by atoms with Gasteiger partial charge in [0.15, 0.2) is 5.82 Å². The summed E-state index contributed by atoms with van der Waals surface area (Å²) in [6.45, 7) is 1.51. The Balaban J connectivity index is 1.52. The number of amides is 1. The largest absolute Gasteiger partial charge is 0.478 e. The summed E-state index contributed by atoms with van der Waals surface area (Å²) in [5, 5.41) is 11.6. The quantitative estimate of drug-likeness (QED) is 0.690. The van der Waals surface area contributed by atoms with Crippen molar-refractivity contribution in [1.29, 1.82) is 0 Å². The van der Waals surface area contributed by atoms with Gasteiger partial charge in [-0.05, 0) is 37.5 Å². The highest BCUT2D eigenvalue weighted by molar-refractivity contribution is 6.04. The predicted octanol–water partition coefficient (Wildman–Crippen LogP) is 3.35. The molecule has 2 heterocycles. The monoisotopic (exact) mass is 392 g/mol. The van der Waals surface area contributed by atoms with Gasteiger partial charge in [0.25, 0.3) is 5.91 Å². The molecular formula is C21H17FN4O3. The van der Waals surface area contributed by atoms with E-state index in [2.05, 4.69) is 20.3 Å². The van der Waals surface area contributed by atoms with E-state index in [4.69, 9.17) is 5.11 Å². The third-order valence-corrected chi connectivity index (χ3v) is 5.22. The lowest BCUT2D eigenvalue weighted by atomic mass is 9.92. The molecule has 0 unspecified atom stereocenters. The summed E-state index contributed by atoms with van der Waals surface area (Å²) in [4.78, 5) is 35.8. The van der Waals surface area contributed by atoms with E-state index in [9.17, 15) is 14.0 Å². The van der Waals surface area contributed by atoms with Crippen LogP contribution in [-0.2, 0) is 5.41 Å². The molecule has 146 valence electrons. The molecule has 1 fully saturated rings. The Labute approximate surface area is 165 Å². The van der Waals surface area contributed by atoms with Crippen molar-refractivity contribution in [3.63, 3.8) is 0 Å². The van der Waals surface area contributed by atoms with Crippen molar-refractivity contribution in [3.05, 3.63) is 82.8 Å². The number of carboxylic acid groups (broad SMARTS) is 1. The highest BCUT2D eigenvalue weighted by atomic mass is 19.1. The minimum Gasteiger partial charge on any atom is -0.478 e. The number of benzene rings is 1. The maximum Gasteiger partial charge on any atom is 0.335 e. The van der Waals surface area contributed by atoms with E-state index in [-0.39, 0.29) is 27.9 Å². The van der Waals surface area contributed by atoms with Crippen LogP contribution in [0.2, 0.25) is 0 Å². The van der Waals surface area contributed by atoms with Gasteiger partial charge in [-0.2, -0.15) is 0 Å². The standard InChI is InChI=1S/C21H17FN4O3/c1-12-15(8-23-9-16(12)22)19(27)26-18-11-24-17(10-25-18)21(6-7-21)14-4-2-13(3-5-14)20(28)29/h2-5,8-11H,6-7H2,1H3,(H,28,29)(H,25,26,27). The van der Waals surface area contributed by atoms with Crippen LogP contribution in [0.25, 0.3) is 0 Å². The number of hydrogen-bond donors (Lipinski definition) is 2. The molecule has 8 heteroatoms. The molecule has 0 spiro atoms. The van der Waals surface area contributed by atoms with Gasteiger partial charge in [-0.3, -0.25) is 14.8 Å². The maximum absolute atomic E-state index is 13.6. The summed E-state index contributed by atoms with van der Waals surface area (Å²) in [7, 11) is 0. The first-order chi connectivity index (χ1) is 13.9. The van der Waals surface area contributed by atoms with E-state index < -0.39 is 17.7 Å². The van der Waals surface area contributed by atoms with Crippen molar-refractivity contribution in [1.82, 2.24) is 15.0 Å². The molecule has 1 aliphatic carbocycles. The normalized spacial score (nSPS) is 14.3. The van der Waals surface area contributed by atoms with Crippen molar-refractivity contribution in [2.24, 2.45) is 0 Å². The Kier molecular flexibility index (Phi) is 4.54. The van der Waals surface area contributed by atoms with Gasteiger partial charge in [0, 0.05) is 17.2 Å². The molecule has 0 bridgehead atoms. The van der Waals surface area contributed by atoms with Gasteiger partial charge < -0.3 is 10.4 Å². The first-order valence-corrected chi connectivity index (χ1v) is 8.98.